The predicted molar refractivity (Wildman–Crippen MR) is 126 cm³/mol. The quantitative estimate of drug-likeness (QED) is 0.305. The highest BCUT2D eigenvalue weighted by atomic mass is 32.2. The molecule has 2 heterocycles. The molecule has 33 heavy (non-hydrogen) atoms. The van der Waals surface area contributed by atoms with Crippen LogP contribution in [0.15, 0.2) is 53.7 Å². The van der Waals surface area contributed by atoms with Crippen molar-refractivity contribution >= 4 is 35.0 Å². The first kappa shape index (κ1) is 22.7. The minimum Gasteiger partial charge on any atom is -0.378 e. The van der Waals surface area contributed by atoms with E-state index < -0.39 is 4.92 Å². The number of rotatable bonds is 8. The lowest BCUT2D eigenvalue weighted by molar-refractivity contribution is -0.384. The largest absolute Gasteiger partial charge is 0.378 e. The second-order valence-electron chi connectivity index (χ2n) is 7.57. The molecule has 0 unspecified atom stereocenters. The zero-order valence-electron chi connectivity index (χ0n) is 18.1. The fourth-order valence-electron chi connectivity index (χ4n) is 3.50. The molecule has 1 aromatic heterocycles. The molecule has 3 aromatic rings. The average molecular weight is 469 g/mol. The fourth-order valence-corrected chi connectivity index (χ4v) is 4.24. The molecule has 0 atom stereocenters. The summed E-state index contributed by atoms with van der Waals surface area (Å²) in [6.45, 7) is 5.01. The van der Waals surface area contributed by atoms with Crippen molar-refractivity contribution in [3.05, 3.63) is 69.8 Å². The minimum absolute atomic E-state index is 0.0427. The molecule has 1 fully saturated rings. The number of morpholine rings is 1. The Bertz CT molecular complexity index is 1130. The lowest BCUT2D eigenvalue weighted by Crippen LogP contribution is -2.38. The summed E-state index contributed by atoms with van der Waals surface area (Å²) in [5.41, 5.74) is 1.89. The second kappa shape index (κ2) is 10.5. The third-order valence-corrected chi connectivity index (χ3v) is 6.10. The van der Waals surface area contributed by atoms with E-state index in [1.54, 1.807) is 19.1 Å². The summed E-state index contributed by atoms with van der Waals surface area (Å²) in [4.78, 5) is 25.5. The van der Waals surface area contributed by atoms with E-state index >= 15 is 0 Å². The van der Waals surface area contributed by atoms with Crippen molar-refractivity contribution in [1.29, 1.82) is 0 Å². The molecule has 1 aliphatic rings. The maximum Gasteiger partial charge on any atom is 0.293 e. The van der Waals surface area contributed by atoms with Crippen LogP contribution in [0.1, 0.15) is 11.1 Å². The number of carbonyl (C=O) groups excluding carboxylic acids is 1. The van der Waals surface area contributed by atoms with Crippen LogP contribution >= 0.6 is 11.8 Å². The van der Waals surface area contributed by atoms with Crippen LogP contribution in [0.2, 0.25) is 0 Å². The van der Waals surface area contributed by atoms with Gasteiger partial charge in [-0.25, -0.2) is 0 Å². The zero-order chi connectivity index (χ0) is 23.2. The Kier molecular flexibility index (Phi) is 7.20. The van der Waals surface area contributed by atoms with Gasteiger partial charge < -0.3 is 15.0 Å². The summed E-state index contributed by atoms with van der Waals surface area (Å²) >= 11 is 1.25. The molecule has 172 valence electrons. The Balaban J connectivity index is 1.50. The highest BCUT2D eigenvalue weighted by Gasteiger charge is 2.22. The lowest BCUT2D eigenvalue weighted by Gasteiger charge is -2.28. The van der Waals surface area contributed by atoms with Gasteiger partial charge in [-0.1, -0.05) is 48.2 Å². The first-order valence-electron chi connectivity index (χ1n) is 10.5. The molecule has 0 bridgehead atoms. The Morgan fingerprint density at radius 2 is 1.94 bits per heavy atom. The predicted octanol–water partition coefficient (Wildman–Crippen LogP) is 3.11. The van der Waals surface area contributed by atoms with Gasteiger partial charge in [-0.2, -0.15) is 0 Å². The number of nitrogens with one attached hydrogen (secondary N) is 1. The van der Waals surface area contributed by atoms with Crippen LogP contribution in [0.3, 0.4) is 0 Å². The number of amides is 1. The maximum absolute atomic E-state index is 12.6. The molecule has 0 spiro atoms. The van der Waals surface area contributed by atoms with Gasteiger partial charge in [-0.05, 0) is 24.1 Å². The Morgan fingerprint density at radius 1 is 1.18 bits per heavy atom. The standard InChI is InChI=1S/C22H24N6O4S/c1-16-7-8-18(19(13-16)28(30)31)23-20(29)15-33-22-25-24-21(26-9-11-32-12-10-26)27(22)14-17-5-3-2-4-6-17/h2-8,13H,9-12,14-15H2,1H3,(H,23,29). The number of anilines is 2. The van der Waals surface area contributed by atoms with Gasteiger partial charge in [-0.15, -0.1) is 10.2 Å². The van der Waals surface area contributed by atoms with E-state index in [4.69, 9.17) is 4.74 Å². The highest BCUT2D eigenvalue weighted by molar-refractivity contribution is 7.99. The normalized spacial score (nSPS) is 13.7. The number of hydrogen-bond donors (Lipinski definition) is 1. The zero-order valence-corrected chi connectivity index (χ0v) is 19.0. The Hall–Kier alpha value is -3.44. The van der Waals surface area contributed by atoms with Crippen molar-refractivity contribution < 1.29 is 14.5 Å². The van der Waals surface area contributed by atoms with Crippen molar-refractivity contribution in [2.24, 2.45) is 0 Å². The van der Waals surface area contributed by atoms with Crippen molar-refractivity contribution in [3.8, 4) is 0 Å². The van der Waals surface area contributed by atoms with E-state index in [0.29, 0.717) is 24.9 Å². The number of nitro benzene ring substituents is 1. The molecule has 1 aliphatic heterocycles. The van der Waals surface area contributed by atoms with E-state index in [-0.39, 0.29) is 23.0 Å². The molecule has 1 saturated heterocycles. The maximum atomic E-state index is 12.6. The molecular weight excluding hydrogens is 444 g/mol. The van der Waals surface area contributed by atoms with Gasteiger partial charge in [0.15, 0.2) is 5.16 Å². The van der Waals surface area contributed by atoms with Crippen LogP contribution in [-0.2, 0) is 16.1 Å². The van der Waals surface area contributed by atoms with Crippen LogP contribution in [0.5, 0.6) is 0 Å². The van der Waals surface area contributed by atoms with Gasteiger partial charge in [0.25, 0.3) is 5.69 Å². The first-order chi connectivity index (χ1) is 16.0. The molecule has 2 aromatic carbocycles. The topological polar surface area (TPSA) is 115 Å². The van der Waals surface area contributed by atoms with Gasteiger partial charge in [0.05, 0.1) is 30.4 Å². The molecule has 0 aliphatic carbocycles. The van der Waals surface area contributed by atoms with Gasteiger partial charge in [0.1, 0.15) is 5.69 Å². The molecule has 10 nitrogen and oxygen atoms in total. The van der Waals surface area contributed by atoms with E-state index in [0.717, 1.165) is 30.2 Å². The summed E-state index contributed by atoms with van der Waals surface area (Å²) in [7, 11) is 0. The van der Waals surface area contributed by atoms with Crippen molar-refractivity contribution in [2.45, 2.75) is 18.6 Å². The van der Waals surface area contributed by atoms with Gasteiger partial charge in [-0.3, -0.25) is 19.5 Å². The van der Waals surface area contributed by atoms with Crippen LogP contribution in [0.4, 0.5) is 17.3 Å². The second-order valence-corrected chi connectivity index (χ2v) is 8.51. The molecule has 1 amide bonds. The van der Waals surface area contributed by atoms with E-state index in [1.165, 1.54) is 17.8 Å². The molecule has 11 heteroatoms. The third-order valence-electron chi connectivity index (χ3n) is 5.13. The van der Waals surface area contributed by atoms with Crippen LogP contribution < -0.4 is 10.2 Å². The molecule has 1 N–H and O–H groups in total. The number of nitro groups is 1. The number of aryl methyl sites for hydroxylation is 1. The van der Waals surface area contributed by atoms with E-state index in [2.05, 4.69) is 20.4 Å². The summed E-state index contributed by atoms with van der Waals surface area (Å²) in [5, 5.41) is 23.3. The smallest absolute Gasteiger partial charge is 0.293 e. The van der Waals surface area contributed by atoms with Gasteiger partial charge in [0, 0.05) is 19.2 Å². The van der Waals surface area contributed by atoms with Crippen molar-refractivity contribution in [2.75, 3.05) is 42.3 Å². The van der Waals surface area contributed by atoms with E-state index in [9.17, 15) is 14.9 Å². The number of ether oxygens (including phenoxy) is 1. The van der Waals surface area contributed by atoms with Gasteiger partial charge in [0.2, 0.25) is 11.9 Å². The number of nitrogens with zero attached hydrogens (tertiary/aromatic N) is 5. The van der Waals surface area contributed by atoms with Crippen LogP contribution in [0.25, 0.3) is 0 Å². The average Bonchev–Trinajstić information content (AvgIpc) is 3.22. The highest BCUT2D eigenvalue weighted by Crippen LogP contribution is 2.27. The first-order valence-corrected chi connectivity index (χ1v) is 11.5. The summed E-state index contributed by atoms with van der Waals surface area (Å²) in [6, 6.07) is 14.7. The Labute approximate surface area is 195 Å². The number of aromatic nitrogens is 3. The number of carbonyl (C=O) groups is 1. The summed E-state index contributed by atoms with van der Waals surface area (Å²) < 4.78 is 7.44. The van der Waals surface area contributed by atoms with Gasteiger partial charge >= 0.3 is 0 Å². The number of thioether (sulfide) groups is 1. The summed E-state index contributed by atoms with van der Waals surface area (Å²) in [5.74, 6) is 0.425. The molecule has 4 rings (SSSR count). The third kappa shape index (κ3) is 5.68. The number of hydrogen-bond acceptors (Lipinski definition) is 8. The monoisotopic (exact) mass is 468 g/mol. The summed E-state index contributed by atoms with van der Waals surface area (Å²) in [6.07, 6.45) is 0. The molecule has 0 saturated carbocycles. The molecular formula is C22H24N6O4S. The fraction of sp³-hybridized carbons (Fsp3) is 0.318. The Morgan fingerprint density at radius 3 is 2.67 bits per heavy atom. The van der Waals surface area contributed by atoms with E-state index in [1.807, 2.05) is 34.9 Å². The number of benzene rings is 2. The minimum atomic E-state index is -0.499. The van der Waals surface area contributed by atoms with Crippen molar-refractivity contribution in [1.82, 2.24) is 14.8 Å². The van der Waals surface area contributed by atoms with Crippen LogP contribution in [-0.4, -0.2) is 57.7 Å². The van der Waals surface area contributed by atoms with Crippen LogP contribution in [0, 0.1) is 17.0 Å². The van der Waals surface area contributed by atoms with Crippen molar-refractivity contribution in [3.63, 3.8) is 0 Å². The lowest BCUT2D eigenvalue weighted by atomic mass is 10.2. The molecule has 0 radical (unpaired) electrons. The SMILES string of the molecule is Cc1ccc(NC(=O)CSc2nnc(N3CCOCC3)n2Cc2ccccc2)c([N+](=O)[O-])c1.